The lowest BCUT2D eigenvalue weighted by molar-refractivity contribution is 0.0959. The number of hydrogen-bond donors (Lipinski definition) is 1. The van der Waals surface area contributed by atoms with Gasteiger partial charge in [-0.1, -0.05) is 31.4 Å². The smallest absolute Gasteiger partial charge is 0.166 e. The predicted molar refractivity (Wildman–Crippen MR) is 112 cm³/mol. The molecule has 148 valence electrons. The molecule has 0 amide bonds. The molecule has 4 nitrogen and oxygen atoms in total. The van der Waals surface area contributed by atoms with Gasteiger partial charge in [0.25, 0.3) is 0 Å². The second-order valence-electron chi connectivity index (χ2n) is 7.03. The van der Waals surface area contributed by atoms with Gasteiger partial charge < -0.3 is 15.4 Å². The van der Waals surface area contributed by atoms with Gasteiger partial charge >= 0.3 is 0 Å². The first-order valence-electron chi connectivity index (χ1n) is 9.43. The van der Waals surface area contributed by atoms with E-state index >= 15 is 0 Å². The summed E-state index contributed by atoms with van der Waals surface area (Å²) in [7, 11) is 1.55. The van der Waals surface area contributed by atoms with Crippen molar-refractivity contribution in [2.45, 2.75) is 51.9 Å². The van der Waals surface area contributed by atoms with Gasteiger partial charge in [-0.3, -0.25) is 4.79 Å². The van der Waals surface area contributed by atoms with E-state index in [9.17, 15) is 4.79 Å². The summed E-state index contributed by atoms with van der Waals surface area (Å²) in [5, 5.41) is 0.407. The molecule has 0 aliphatic carbocycles. The number of nitrogens with two attached hydrogens (primary N) is 1. The monoisotopic (exact) mass is 402 g/mol. The minimum absolute atomic E-state index is 0. The first kappa shape index (κ1) is 23.1. The third-order valence-corrected chi connectivity index (χ3v) is 5.51. The van der Waals surface area contributed by atoms with Crippen LogP contribution in [0.5, 0.6) is 5.75 Å². The summed E-state index contributed by atoms with van der Waals surface area (Å²) in [6, 6.07) is 3.26. The number of rotatable bonds is 9. The number of likely N-dealkylation sites (tertiary alicyclic amines) is 1. The molecule has 1 aromatic carbocycles. The number of anilines is 1. The Morgan fingerprint density at radius 1 is 1.31 bits per heavy atom. The third kappa shape index (κ3) is 6.64. The fraction of sp³-hybridized carbons (Fsp3) is 0.650. The molecule has 1 fully saturated rings. The average molecular weight is 403 g/mol. The highest BCUT2D eigenvalue weighted by atomic mass is 35.5. The number of hydrogen-bond acceptors (Lipinski definition) is 4. The molecule has 0 aromatic heterocycles. The number of halogens is 2. The molecule has 2 rings (SSSR count). The quantitative estimate of drug-likeness (QED) is 0.349. The molecule has 1 heterocycles. The molecule has 0 bridgehead atoms. The zero-order valence-electron chi connectivity index (χ0n) is 15.9. The topological polar surface area (TPSA) is 55.6 Å². The molecular formula is C20H32Cl2N2O2. The van der Waals surface area contributed by atoms with Crippen LogP contribution in [-0.2, 0) is 0 Å². The molecule has 1 aliphatic rings. The van der Waals surface area contributed by atoms with Crippen molar-refractivity contribution in [3.05, 3.63) is 22.7 Å². The number of carbonyl (C=O) groups is 1. The van der Waals surface area contributed by atoms with E-state index in [4.69, 9.17) is 22.1 Å². The minimum atomic E-state index is 0. The second-order valence-corrected chi connectivity index (χ2v) is 7.44. The van der Waals surface area contributed by atoms with E-state index in [1.54, 1.807) is 19.2 Å². The number of piperidine rings is 1. The lowest BCUT2D eigenvalue weighted by atomic mass is 9.90. The summed E-state index contributed by atoms with van der Waals surface area (Å²) in [5.41, 5.74) is 6.76. The summed E-state index contributed by atoms with van der Waals surface area (Å²) in [4.78, 5) is 15.1. The molecule has 1 aromatic rings. The van der Waals surface area contributed by atoms with Crippen molar-refractivity contribution in [2.75, 3.05) is 32.5 Å². The Bertz CT molecular complexity index is 573. The fourth-order valence-electron chi connectivity index (χ4n) is 3.51. The number of unbranched alkanes of at least 4 members (excludes halogenated alkanes) is 2. The zero-order valence-corrected chi connectivity index (χ0v) is 17.5. The molecule has 6 heteroatoms. The van der Waals surface area contributed by atoms with Gasteiger partial charge in [0.05, 0.1) is 23.4 Å². The number of ether oxygens (including phenoxy) is 1. The number of nitrogens with zero attached hydrogens (tertiary/aromatic N) is 1. The normalized spacial score (nSPS) is 15.5. The first-order chi connectivity index (χ1) is 12.0. The highest BCUT2D eigenvalue weighted by molar-refractivity contribution is 6.33. The molecule has 0 unspecified atom stereocenters. The molecule has 0 atom stereocenters. The lowest BCUT2D eigenvalue weighted by Gasteiger charge is -2.31. The van der Waals surface area contributed by atoms with Gasteiger partial charge in [0, 0.05) is 12.5 Å². The van der Waals surface area contributed by atoms with E-state index in [-0.39, 0.29) is 18.2 Å². The lowest BCUT2D eigenvalue weighted by Crippen LogP contribution is -2.34. The number of benzene rings is 1. The number of methoxy groups -OCH3 is 1. The van der Waals surface area contributed by atoms with Crippen LogP contribution in [0.25, 0.3) is 0 Å². The Morgan fingerprint density at radius 3 is 2.62 bits per heavy atom. The summed E-state index contributed by atoms with van der Waals surface area (Å²) in [5.74, 6) is 1.24. The van der Waals surface area contributed by atoms with Gasteiger partial charge in [0.2, 0.25) is 0 Å². The van der Waals surface area contributed by atoms with Crippen molar-refractivity contribution in [1.82, 2.24) is 4.90 Å². The summed E-state index contributed by atoms with van der Waals surface area (Å²) in [6.45, 7) is 5.80. The number of Topliss-reactive ketones (excluding diaryl/α,β-unsaturated/α-hetero) is 1. The maximum Gasteiger partial charge on any atom is 0.166 e. The first-order valence-corrected chi connectivity index (χ1v) is 9.81. The molecule has 2 N–H and O–H groups in total. The molecule has 1 aliphatic heterocycles. The van der Waals surface area contributed by atoms with Crippen LogP contribution in [0.4, 0.5) is 5.69 Å². The van der Waals surface area contributed by atoms with E-state index in [1.165, 1.54) is 51.7 Å². The summed E-state index contributed by atoms with van der Waals surface area (Å²) < 4.78 is 5.29. The molecule has 0 spiro atoms. The van der Waals surface area contributed by atoms with Crippen LogP contribution in [0.3, 0.4) is 0 Å². The number of ketones is 1. The SMILES string of the molecule is CCCCCN1CCC(CCC(=O)c2cc(Cl)c(N)cc2OC)CC1.Cl. The van der Waals surface area contributed by atoms with Crippen LogP contribution >= 0.6 is 24.0 Å². The highest BCUT2D eigenvalue weighted by Gasteiger charge is 2.21. The van der Waals surface area contributed by atoms with E-state index in [1.807, 2.05) is 0 Å². The second kappa shape index (κ2) is 11.7. The van der Waals surface area contributed by atoms with Crippen molar-refractivity contribution in [2.24, 2.45) is 5.92 Å². The average Bonchev–Trinajstić information content (AvgIpc) is 2.62. The molecule has 26 heavy (non-hydrogen) atoms. The minimum Gasteiger partial charge on any atom is -0.496 e. The summed E-state index contributed by atoms with van der Waals surface area (Å²) >= 11 is 6.07. The zero-order chi connectivity index (χ0) is 18.2. The molecule has 1 saturated heterocycles. The van der Waals surface area contributed by atoms with E-state index < -0.39 is 0 Å². The van der Waals surface area contributed by atoms with Crippen LogP contribution < -0.4 is 10.5 Å². The predicted octanol–water partition coefficient (Wildman–Crippen LogP) is 5.22. The van der Waals surface area contributed by atoms with Crippen molar-refractivity contribution in [1.29, 1.82) is 0 Å². The maximum atomic E-state index is 12.6. The van der Waals surface area contributed by atoms with Crippen molar-refractivity contribution in [3.63, 3.8) is 0 Å². The van der Waals surface area contributed by atoms with Gasteiger partial charge in [-0.25, -0.2) is 0 Å². The maximum absolute atomic E-state index is 12.6. The van der Waals surface area contributed by atoms with E-state index in [0.717, 1.165) is 6.42 Å². The van der Waals surface area contributed by atoms with Gasteiger partial charge in [-0.15, -0.1) is 12.4 Å². The van der Waals surface area contributed by atoms with E-state index in [2.05, 4.69) is 11.8 Å². The van der Waals surface area contributed by atoms with Crippen LogP contribution in [0.2, 0.25) is 5.02 Å². The molecule has 0 saturated carbocycles. The Balaban J connectivity index is 0.00000338. The van der Waals surface area contributed by atoms with Crippen LogP contribution in [0, 0.1) is 5.92 Å². The van der Waals surface area contributed by atoms with Crippen molar-refractivity contribution < 1.29 is 9.53 Å². The van der Waals surface area contributed by atoms with Crippen LogP contribution in [0.15, 0.2) is 12.1 Å². The third-order valence-electron chi connectivity index (χ3n) is 5.18. The standard InChI is InChI=1S/C20H31ClN2O2.ClH/c1-3-4-5-10-23-11-8-15(9-12-23)6-7-19(24)16-13-17(21)18(22)14-20(16)25-2;/h13-15H,3-12,22H2,1-2H3;1H. The molecular weight excluding hydrogens is 371 g/mol. The Kier molecular flexibility index (Phi) is 10.4. The molecule has 0 radical (unpaired) electrons. The Hall–Kier alpha value is -0.970. The van der Waals surface area contributed by atoms with Crippen molar-refractivity contribution >= 4 is 35.5 Å². The van der Waals surface area contributed by atoms with Crippen LogP contribution in [0.1, 0.15) is 62.2 Å². The van der Waals surface area contributed by atoms with E-state index in [0.29, 0.717) is 34.4 Å². The fourth-order valence-corrected chi connectivity index (χ4v) is 3.67. The number of nitrogen functional groups attached to an aromatic ring is 1. The van der Waals surface area contributed by atoms with Gasteiger partial charge in [-0.05, 0) is 57.3 Å². The van der Waals surface area contributed by atoms with Crippen LogP contribution in [-0.4, -0.2) is 37.4 Å². The van der Waals surface area contributed by atoms with Crippen molar-refractivity contribution in [3.8, 4) is 5.75 Å². The largest absolute Gasteiger partial charge is 0.496 e. The van der Waals surface area contributed by atoms with Gasteiger partial charge in [0.15, 0.2) is 5.78 Å². The highest BCUT2D eigenvalue weighted by Crippen LogP contribution is 2.31. The van der Waals surface area contributed by atoms with Gasteiger partial charge in [0.1, 0.15) is 5.75 Å². The Labute approximate surface area is 168 Å². The van der Waals surface area contributed by atoms with Gasteiger partial charge in [-0.2, -0.15) is 0 Å². The summed E-state index contributed by atoms with van der Waals surface area (Å²) in [6.07, 6.45) is 7.76. The Morgan fingerprint density at radius 2 is 2.00 bits per heavy atom. The number of carbonyl (C=O) groups excluding carboxylic acids is 1.